The average Bonchev–Trinajstić information content (AvgIpc) is 3.08. The lowest BCUT2D eigenvalue weighted by Crippen LogP contribution is -2.39. The van der Waals surface area contributed by atoms with Crippen molar-refractivity contribution < 1.29 is 9.21 Å². The van der Waals surface area contributed by atoms with Crippen molar-refractivity contribution in [2.75, 3.05) is 13.1 Å². The van der Waals surface area contributed by atoms with E-state index in [1.165, 1.54) is 0 Å². The fraction of sp³-hybridized carbons (Fsp3) is 0.467. The normalized spacial score (nSPS) is 16.4. The van der Waals surface area contributed by atoms with Crippen LogP contribution in [0.25, 0.3) is 0 Å². The molecule has 0 unspecified atom stereocenters. The molecule has 3 rings (SSSR count). The van der Waals surface area contributed by atoms with E-state index in [0.29, 0.717) is 16.3 Å². The highest BCUT2D eigenvalue weighted by molar-refractivity contribution is 9.10. The third-order valence-corrected chi connectivity index (χ3v) is 4.49. The van der Waals surface area contributed by atoms with Crippen molar-refractivity contribution in [3.05, 3.63) is 40.8 Å². The van der Waals surface area contributed by atoms with E-state index in [2.05, 4.69) is 25.5 Å². The molecular formula is C15H18BrN3O2. The minimum Gasteiger partial charge on any atom is -0.444 e. The monoisotopic (exact) mass is 351 g/mol. The van der Waals surface area contributed by atoms with E-state index in [-0.39, 0.29) is 5.91 Å². The van der Waals surface area contributed by atoms with Gasteiger partial charge in [0.05, 0.1) is 0 Å². The van der Waals surface area contributed by atoms with Crippen molar-refractivity contribution in [1.29, 1.82) is 0 Å². The van der Waals surface area contributed by atoms with E-state index in [1.807, 2.05) is 24.2 Å². The fourth-order valence-electron chi connectivity index (χ4n) is 2.78. The van der Waals surface area contributed by atoms with E-state index in [9.17, 15) is 4.79 Å². The van der Waals surface area contributed by atoms with Gasteiger partial charge in [0.2, 0.25) is 0 Å². The minimum atomic E-state index is -0.0158. The molecule has 0 spiro atoms. The summed E-state index contributed by atoms with van der Waals surface area (Å²) in [5.41, 5.74) is 0. The first-order valence-electron chi connectivity index (χ1n) is 7.16. The summed E-state index contributed by atoms with van der Waals surface area (Å²) in [7, 11) is 0. The number of imidazole rings is 1. The zero-order chi connectivity index (χ0) is 14.8. The number of hydrogen-bond acceptors (Lipinski definition) is 3. The Kier molecular flexibility index (Phi) is 4.14. The SMILES string of the molecule is Cc1nccn1CC1CCN(C(=O)c2ccc(Br)o2)CC1. The molecule has 1 saturated heterocycles. The molecule has 6 heteroatoms. The van der Waals surface area contributed by atoms with Crippen LogP contribution < -0.4 is 0 Å². The van der Waals surface area contributed by atoms with Gasteiger partial charge in [0.15, 0.2) is 10.4 Å². The van der Waals surface area contributed by atoms with Gasteiger partial charge in [-0.15, -0.1) is 0 Å². The molecule has 5 nitrogen and oxygen atoms in total. The van der Waals surface area contributed by atoms with Crippen LogP contribution in [0.15, 0.2) is 33.6 Å². The lowest BCUT2D eigenvalue weighted by Gasteiger charge is -2.31. The molecule has 0 atom stereocenters. The zero-order valence-electron chi connectivity index (χ0n) is 12.0. The molecule has 1 amide bonds. The molecule has 0 N–H and O–H groups in total. The van der Waals surface area contributed by atoms with Crippen LogP contribution in [0.1, 0.15) is 29.2 Å². The topological polar surface area (TPSA) is 51.3 Å². The standard InChI is InChI=1S/C15H18BrN3O2/c1-11-17-6-9-19(11)10-12-4-7-18(8-5-12)15(20)13-2-3-14(16)21-13/h2-3,6,9,12H,4-5,7-8,10H2,1H3. The largest absolute Gasteiger partial charge is 0.444 e. The second kappa shape index (κ2) is 6.05. The zero-order valence-corrected chi connectivity index (χ0v) is 13.5. The van der Waals surface area contributed by atoms with Crippen molar-refractivity contribution in [2.45, 2.75) is 26.3 Å². The highest BCUT2D eigenvalue weighted by Crippen LogP contribution is 2.22. The van der Waals surface area contributed by atoms with Gasteiger partial charge in [-0.2, -0.15) is 0 Å². The van der Waals surface area contributed by atoms with Crippen LogP contribution in [0.4, 0.5) is 0 Å². The average molecular weight is 352 g/mol. The Bertz CT molecular complexity index is 626. The molecule has 1 aliphatic rings. The van der Waals surface area contributed by atoms with Crippen LogP contribution in [0.2, 0.25) is 0 Å². The lowest BCUT2D eigenvalue weighted by molar-refractivity contribution is 0.0649. The second-order valence-electron chi connectivity index (χ2n) is 5.47. The number of nitrogens with zero attached hydrogens (tertiary/aromatic N) is 3. The molecule has 0 bridgehead atoms. The number of carbonyl (C=O) groups excluding carboxylic acids is 1. The molecule has 0 radical (unpaired) electrons. The summed E-state index contributed by atoms with van der Waals surface area (Å²) in [6.45, 7) is 4.58. The summed E-state index contributed by atoms with van der Waals surface area (Å²) >= 11 is 3.23. The maximum Gasteiger partial charge on any atom is 0.289 e. The number of amides is 1. The molecule has 1 aliphatic heterocycles. The number of aromatic nitrogens is 2. The summed E-state index contributed by atoms with van der Waals surface area (Å²) in [6, 6.07) is 3.47. The van der Waals surface area contributed by atoms with Gasteiger partial charge in [0.25, 0.3) is 5.91 Å². The van der Waals surface area contributed by atoms with E-state index >= 15 is 0 Å². The van der Waals surface area contributed by atoms with Crippen LogP contribution in [-0.2, 0) is 6.54 Å². The van der Waals surface area contributed by atoms with Crippen molar-refractivity contribution in [1.82, 2.24) is 14.5 Å². The Morgan fingerprint density at radius 2 is 2.19 bits per heavy atom. The Hall–Kier alpha value is -1.56. The fourth-order valence-corrected chi connectivity index (χ4v) is 3.09. The second-order valence-corrected chi connectivity index (χ2v) is 6.25. The van der Waals surface area contributed by atoms with Gasteiger partial charge < -0.3 is 13.9 Å². The van der Waals surface area contributed by atoms with Crippen LogP contribution in [0.3, 0.4) is 0 Å². The quantitative estimate of drug-likeness (QED) is 0.853. The predicted molar refractivity (Wildman–Crippen MR) is 82.0 cm³/mol. The van der Waals surface area contributed by atoms with Gasteiger partial charge in [-0.05, 0) is 53.7 Å². The lowest BCUT2D eigenvalue weighted by atomic mass is 9.96. The van der Waals surface area contributed by atoms with Gasteiger partial charge >= 0.3 is 0 Å². The number of piperidine rings is 1. The Morgan fingerprint density at radius 3 is 2.76 bits per heavy atom. The van der Waals surface area contributed by atoms with Crippen LogP contribution in [-0.4, -0.2) is 33.4 Å². The number of furan rings is 1. The maximum atomic E-state index is 12.3. The summed E-state index contributed by atoms with van der Waals surface area (Å²) in [5.74, 6) is 2.04. The molecule has 2 aromatic heterocycles. The van der Waals surface area contributed by atoms with E-state index < -0.39 is 0 Å². The third-order valence-electron chi connectivity index (χ3n) is 4.06. The van der Waals surface area contributed by atoms with Crippen LogP contribution >= 0.6 is 15.9 Å². The van der Waals surface area contributed by atoms with Gasteiger partial charge in [-0.1, -0.05) is 0 Å². The van der Waals surface area contributed by atoms with Crippen molar-refractivity contribution in [3.8, 4) is 0 Å². The molecule has 3 heterocycles. The van der Waals surface area contributed by atoms with Gasteiger partial charge in [-0.25, -0.2) is 4.98 Å². The first-order valence-corrected chi connectivity index (χ1v) is 7.95. The predicted octanol–water partition coefficient (Wildman–Crippen LogP) is 3.10. The molecular weight excluding hydrogens is 334 g/mol. The van der Waals surface area contributed by atoms with Gasteiger partial charge in [0.1, 0.15) is 5.82 Å². The first-order chi connectivity index (χ1) is 10.1. The van der Waals surface area contributed by atoms with Gasteiger partial charge in [-0.3, -0.25) is 4.79 Å². The molecule has 0 aliphatic carbocycles. The summed E-state index contributed by atoms with van der Waals surface area (Å²) in [5, 5.41) is 0. The first kappa shape index (κ1) is 14.4. The van der Waals surface area contributed by atoms with E-state index in [0.717, 1.165) is 38.3 Å². The van der Waals surface area contributed by atoms with Crippen LogP contribution in [0.5, 0.6) is 0 Å². The number of hydrogen-bond donors (Lipinski definition) is 0. The highest BCUT2D eigenvalue weighted by atomic mass is 79.9. The van der Waals surface area contributed by atoms with Crippen molar-refractivity contribution in [3.63, 3.8) is 0 Å². The molecule has 21 heavy (non-hydrogen) atoms. The van der Waals surface area contributed by atoms with Gasteiger partial charge in [0, 0.05) is 32.0 Å². The van der Waals surface area contributed by atoms with Crippen molar-refractivity contribution >= 4 is 21.8 Å². The summed E-state index contributed by atoms with van der Waals surface area (Å²) in [6.07, 6.45) is 5.90. The summed E-state index contributed by atoms with van der Waals surface area (Å²) < 4.78 is 8.12. The van der Waals surface area contributed by atoms with E-state index in [1.54, 1.807) is 12.1 Å². The number of likely N-dealkylation sites (tertiary alicyclic amines) is 1. The number of rotatable bonds is 3. The Labute approximate surface area is 132 Å². The molecule has 2 aromatic rings. The van der Waals surface area contributed by atoms with Crippen LogP contribution in [0, 0.1) is 12.8 Å². The molecule has 0 saturated carbocycles. The number of aryl methyl sites for hydroxylation is 1. The molecule has 1 fully saturated rings. The number of carbonyl (C=O) groups is 1. The Morgan fingerprint density at radius 1 is 1.43 bits per heavy atom. The Balaban J connectivity index is 1.55. The highest BCUT2D eigenvalue weighted by Gasteiger charge is 2.25. The minimum absolute atomic E-state index is 0.0158. The molecule has 112 valence electrons. The smallest absolute Gasteiger partial charge is 0.289 e. The van der Waals surface area contributed by atoms with Crippen molar-refractivity contribution in [2.24, 2.45) is 5.92 Å². The molecule has 0 aromatic carbocycles. The maximum absolute atomic E-state index is 12.3. The summed E-state index contributed by atoms with van der Waals surface area (Å²) in [4.78, 5) is 18.4. The third kappa shape index (κ3) is 3.20. The van der Waals surface area contributed by atoms with E-state index in [4.69, 9.17) is 4.42 Å². The number of halogens is 1.